The predicted molar refractivity (Wildman–Crippen MR) is 58.3 cm³/mol. The largest absolute Gasteiger partial charge is 0.385 e. The minimum atomic E-state index is -0.697. The number of rotatable bonds is 4. The van der Waals surface area contributed by atoms with Gasteiger partial charge in [-0.1, -0.05) is 32.6 Å². The summed E-state index contributed by atoms with van der Waals surface area (Å²) in [6.45, 7) is 2.22. The first-order chi connectivity index (χ1) is 6.65. The molecule has 0 aliphatic heterocycles. The molecule has 1 fully saturated rings. The van der Waals surface area contributed by atoms with E-state index in [1.165, 1.54) is 25.7 Å². The molecule has 14 heavy (non-hydrogen) atoms. The highest BCUT2D eigenvalue weighted by Gasteiger charge is 2.27. The van der Waals surface area contributed by atoms with Crippen molar-refractivity contribution in [2.45, 2.75) is 51.6 Å². The van der Waals surface area contributed by atoms with Crippen LogP contribution in [0.25, 0.3) is 0 Å². The first kappa shape index (κ1) is 11.5. The second-order valence-corrected chi connectivity index (χ2v) is 4.47. The van der Waals surface area contributed by atoms with Gasteiger partial charge in [0.15, 0.2) is 0 Å². The van der Waals surface area contributed by atoms with Crippen molar-refractivity contribution in [2.24, 2.45) is 17.6 Å². The van der Waals surface area contributed by atoms with Crippen LogP contribution in [0.2, 0.25) is 0 Å². The Bertz CT molecular complexity index is 186. The Morgan fingerprint density at radius 3 is 2.43 bits per heavy atom. The summed E-state index contributed by atoms with van der Waals surface area (Å²) in [4.78, 5) is 0. The summed E-state index contributed by atoms with van der Waals surface area (Å²) in [6, 6.07) is 0. The van der Waals surface area contributed by atoms with E-state index in [0.717, 1.165) is 18.8 Å². The average molecular weight is 198 g/mol. The second kappa shape index (κ2) is 5.35. The van der Waals surface area contributed by atoms with Crippen LogP contribution < -0.4 is 5.73 Å². The van der Waals surface area contributed by atoms with E-state index in [2.05, 4.69) is 6.92 Å². The molecule has 0 aromatic carbocycles. The Balaban J connectivity index is 2.31. The molecule has 3 heteroatoms. The Morgan fingerprint density at radius 2 is 2.00 bits per heavy atom. The Morgan fingerprint density at radius 1 is 1.43 bits per heavy atom. The minimum absolute atomic E-state index is 0.0658. The molecule has 3 nitrogen and oxygen atoms in total. The van der Waals surface area contributed by atoms with Gasteiger partial charge in [-0.3, -0.25) is 5.41 Å². The van der Waals surface area contributed by atoms with Gasteiger partial charge in [-0.15, -0.1) is 0 Å². The van der Waals surface area contributed by atoms with Crippen molar-refractivity contribution in [1.29, 1.82) is 5.41 Å². The molecule has 1 rings (SSSR count). The molecule has 1 atom stereocenters. The number of hydrogen-bond donors (Lipinski definition) is 3. The first-order valence-corrected chi connectivity index (χ1v) is 5.67. The fraction of sp³-hybridized carbons (Fsp3) is 0.909. The van der Waals surface area contributed by atoms with E-state index in [1.54, 1.807) is 0 Å². The lowest BCUT2D eigenvalue weighted by Gasteiger charge is -2.30. The number of nitrogens with two attached hydrogens (primary N) is 1. The molecule has 1 unspecified atom stereocenters. The van der Waals surface area contributed by atoms with Crippen LogP contribution in [0.4, 0.5) is 0 Å². The van der Waals surface area contributed by atoms with Crippen molar-refractivity contribution >= 4 is 5.84 Å². The maximum Gasteiger partial charge on any atom is 0.120 e. The van der Waals surface area contributed by atoms with Gasteiger partial charge in [-0.05, 0) is 24.7 Å². The molecule has 1 aliphatic rings. The van der Waals surface area contributed by atoms with E-state index in [4.69, 9.17) is 11.1 Å². The van der Waals surface area contributed by atoms with Gasteiger partial charge in [-0.2, -0.15) is 0 Å². The fourth-order valence-electron chi connectivity index (χ4n) is 2.45. The van der Waals surface area contributed by atoms with Crippen molar-refractivity contribution in [3.05, 3.63) is 0 Å². The lowest BCUT2D eigenvalue weighted by molar-refractivity contribution is 0.121. The standard InChI is InChI=1S/C11H22N2O/c1-2-3-8-4-6-9(7-5-8)10(14)11(12)13/h8-10,14H,2-7H2,1H3,(H3,12,13). The van der Waals surface area contributed by atoms with Crippen LogP contribution in [0.5, 0.6) is 0 Å². The van der Waals surface area contributed by atoms with Crippen molar-refractivity contribution < 1.29 is 5.11 Å². The zero-order chi connectivity index (χ0) is 10.6. The molecule has 0 bridgehead atoms. The van der Waals surface area contributed by atoms with Crippen LogP contribution in [-0.4, -0.2) is 17.0 Å². The van der Waals surface area contributed by atoms with Gasteiger partial charge in [0.25, 0.3) is 0 Å². The molecule has 0 heterocycles. The highest BCUT2D eigenvalue weighted by atomic mass is 16.3. The van der Waals surface area contributed by atoms with Crippen LogP contribution in [0, 0.1) is 17.2 Å². The summed E-state index contributed by atoms with van der Waals surface area (Å²) in [5.41, 5.74) is 5.29. The molecule has 0 aromatic heterocycles. The number of nitrogens with one attached hydrogen (secondary N) is 1. The third-order valence-electron chi connectivity index (χ3n) is 3.35. The summed E-state index contributed by atoms with van der Waals surface area (Å²) >= 11 is 0. The van der Waals surface area contributed by atoms with E-state index < -0.39 is 6.10 Å². The van der Waals surface area contributed by atoms with Crippen LogP contribution in [0.3, 0.4) is 0 Å². The van der Waals surface area contributed by atoms with Crippen LogP contribution in [0.1, 0.15) is 45.4 Å². The Kier molecular flexibility index (Phi) is 4.39. The molecule has 0 saturated heterocycles. The lowest BCUT2D eigenvalue weighted by atomic mass is 9.77. The van der Waals surface area contributed by atoms with Gasteiger partial charge >= 0.3 is 0 Å². The second-order valence-electron chi connectivity index (χ2n) is 4.47. The number of amidine groups is 1. The summed E-state index contributed by atoms with van der Waals surface area (Å²) in [6.07, 6.45) is 6.33. The topological polar surface area (TPSA) is 70.1 Å². The molecule has 1 saturated carbocycles. The van der Waals surface area contributed by atoms with Gasteiger partial charge in [0.05, 0.1) is 0 Å². The van der Waals surface area contributed by atoms with Crippen molar-refractivity contribution in [1.82, 2.24) is 0 Å². The molecular formula is C11H22N2O. The molecule has 0 spiro atoms. The molecule has 0 radical (unpaired) electrons. The first-order valence-electron chi connectivity index (χ1n) is 5.67. The van der Waals surface area contributed by atoms with Crippen molar-refractivity contribution in [3.63, 3.8) is 0 Å². The third-order valence-corrected chi connectivity index (χ3v) is 3.35. The Hall–Kier alpha value is -0.570. The molecule has 82 valence electrons. The highest BCUT2D eigenvalue weighted by molar-refractivity contribution is 5.81. The van der Waals surface area contributed by atoms with E-state index in [9.17, 15) is 5.11 Å². The van der Waals surface area contributed by atoms with Gasteiger partial charge in [0, 0.05) is 0 Å². The zero-order valence-electron chi connectivity index (χ0n) is 9.00. The summed E-state index contributed by atoms with van der Waals surface area (Å²) in [7, 11) is 0. The number of aliphatic hydroxyl groups is 1. The molecule has 0 aromatic rings. The maximum atomic E-state index is 9.62. The number of hydrogen-bond acceptors (Lipinski definition) is 2. The van der Waals surface area contributed by atoms with E-state index in [0.29, 0.717) is 0 Å². The average Bonchev–Trinajstić information content (AvgIpc) is 2.18. The SMILES string of the molecule is CCCC1CCC(C(O)C(=N)N)CC1. The zero-order valence-corrected chi connectivity index (χ0v) is 9.00. The highest BCUT2D eigenvalue weighted by Crippen LogP contribution is 2.33. The summed E-state index contributed by atoms with van der Waals surface area (Å²) in [5, 5.41) is 16.8. The molecule has 1 aliphatic carbocycles. The van der Waals surface area contributed by atoms with Crippen LogP contribution in [-0.2, 0) is 0 Å². The molecule has 0 amide bonds. The Labute approximate surface area is 86.2 Å². The monoisotopic (exact) mass is 198 g/mol. The third kappa shape index (κ3) is 2.98. The van der Waals surface area contributed by atoms with E-state index in [1.807, 2.05) is 0 Å². The molecule has 4 N–H and O–H groups in total. The summed E-state index contributed by atoms with van der Waals surface area (Å²) < 4.78 is 0. The van der Waals surface area contributed by atoms with Gasteiger partial charge in [-0.25, -0.2) is 0 Å². The van der Waals surface area contributed by atoms with Gasteiger partial charge in [0.1, 0.15) is 11.9 Å². The predicted octanol–water partition coefficient (Wildman–Crippen LogP) is 1.89. The molecular weight excluding hydrogens is 176 g/mol. The summed E-state index contributed by atoms with van der Waals surface area (Å²) in [5.74, 6) is 1.01. The fourth-order valence-corrected chi connectivity index (χ4v) is 2.45. The van der Waals surface area contributed by atoms with Crippen molar-refractivity contribution in [2.75, 3.05) is 0 Å². The van der Waals surface area contributed by atoms with E-state index >= 15 is 0 Å². The minimum Gasteiger partial charge on any atom is -0.385 e. The van der Waals surface area contributed by atoms with Crippen LogP contribution in [0.15, 0.2) is 0 Å². The van der Waals surface area contributed by atoms with Gasteiger partial charge in [0.2, 0.25) is 0 Å². The lowest BCUT2D eigenvalue weighted by Crippen LogP contribution is -2.36. The van der Waals surface area contributed by atoms with E-state index in [-0.39, 0.29) is 11.8 Å². The van der Waals surface area contributed by atoms with Crippen LogP contribution >= 0.6 is 0 Å². The normalized spacial score (nSPS) is 29.9. The maximum absolute atomic E-state index is 9.62. The number of aliphatic hydroxyl groups excluding tert-OH is 1. The smallest absolute Gasteiger partial charge is 0.120 e. The van der Waals surface area contributed by atoms with Gasteiger partial charge < -0.3 is 10.8 Å². The van der Waals surface area contributed by atoms with Crippen molar-refractivity contribution in [3.8, 4) is 0 Å². The quantitative estimate of drug-likeness (QED) is 0.477.